The van der Waals surface area contributed by atoms with Gasteiger partial charge >= 0.3 is 5.97 Å². The Labute approximate surface area is 197 Å². The van der Waals surface area contributed by atoms with Crippen LogP contribution in [0.4, 0.5) is 11.5 Å². The molecule has 3 aliphatic rings. The standard InChI is InChI=1S/C26H30N4O4/c1-14-10-19(16(3)27-20-7-5-4-6-18(20)26(33)34)24-28-23(15(2)25(32)30(24)12-14)29-13-17-8-9-21(29)22(31)11-17/h4-7,10,12,16-17,21-22,27,31H,8-9,11,13H2,1-3H3,(H,33,34)/t16-,17?,21?,22?/m1/s1. The van der Waals surface area contributed by atoms with Crippen LogP contribution in [0.15, 0.2) is 41.3 Å². The number of aromatic carboxylic acids is 1. The summed E-state index contributed by atoms with van der Waals surface area (Å²) in [4.78, 5) is 32.2. The average Bonchev–Trinajstić information content (AvgIpc) is 2.81. The molecule has 3 aromatic rings. The zero-order valence-corrected chi connectivity index (χ0v) is 19.7. The highest BCUT2D eigenvalue weighted by molar-refractivity contribution is 5.94. The molecule has 4 heterocycles. The summed E-state index contributed by atoms with van der Waals surface area (Å²) in [5.41, 5.74) is 3.40. The van der Waals surface area contributed by atoms with Crippen LogP contribution in [0.1, 0.15) is 59.3 Å². The summed E-state index contributed by atoms with van der Waals surface area (Å²) in [6.07, 6.45) is 4.19. The molecule has 2 bridgehead atoms. The Bertz CT molecular complexity index is 1330. The monoisotopic (exact) mass is 462 g/mol. The number of piperidine rings is 2. The third-order valence-corrected chi connectivity index (χ3v) is 7.30. The third-order valence-electron chi connectivity index (χ3n) is 7.30. The topological polar surface area (TPSA) is 107 Å². The van der Waals surface area contributed by atoms with Crippen LogP contribution in [-0.2, 0) is 0 Å². The minimum absolute atomic E-state index is 0.0232. The zero-order chi connectivity index (χ0) is 24.1. The van der Waals surface area contributed by atoms with E-state index in [1.807, 2.05) is 19.9 Å². The smallest absolute Gasteiger partial charge is 0.337 e. The van der Waals surface area contributed by atoms with E-state index in [0.717, 1.165) is 36.9 Å². The minimum atomic E-state index is -1.00. The minimum Gasteiger partial charge on any atom is -0.478 e. The third kappa shape index (κ3) is 3.72. The maximum absolute atomic E-state index is 13.4. The first kappa shape index (κ1) is 22.4. The Morgan fingerprint density at radius 1 is 1.24 bits per heavy atom. The van der Waals surface area contributed by atoms with E-state index in [1.165, 1.54) is 0 Å². The summed E-state index contributed by atoms with van der Waals surface area (Å²) >= 11 is 0. The summed E-state index contributed by atoms with van der Waals surface area (Å²) in [5, 5.41) is 23.5. The van der Waals surface area contributed by atoms with E-state index in [0.29, 0.717) is 28.6 Å². The Balaban J connectivity index is 1.62. The van der Waals surface area contributed by atoms with Gasteiger partial charge in [-0.15, -0.1) is 0 Å². The normalized spacial score (nSPS) is 22.7. The Kier molecular flexibility index (Phi) is 5.56. The van der Waals surface area contributed by atoms with Gasteiger partial charge in [0.2, 0.25) is 0 Å². The number of carboxylic acids is 1. The number of aromatic nitrogens is 2. The molecule has 8 nitrogen and oxygen atoms in total. The molecular weight excluding hydrogens is 432 g/mol. The number of aliphatic hydroxyl groups is 1. The Hall–Kier alpha value is -3.39. The fourth-order valence-corrected chi connectivity index (χ4v) is 5.59. The summed E-state index contributed by atoms with van der Waals surface area (Å²) in [5.74, 6) is 0.0438. The molecule has 2 aliphatic heterocycles. The summed E-state index contributed by atoms with van der Waals surface area (Å²) in [6.45, 7) is 6.47. The van der Waals surface area contributed by atoms with Crippen molar-refractivity contribution < 1.29 is 15.0 Å². The van der Waals surface area contributed by atoms with E-state index in [-0.39, 0.29) is 23.2 Å². The van der Waals surface area contributed by atoms with Crippen molar-refractivity contribution in [2.45, 2.75) is 58.2 Å². The molecular formula is C26H30N4O4. The lowest BCUT2D eigenvalue weighted by molar-refractivity contribution is 0.0501. The molecule has 2 aromatic heterocycles. The molecule has 3 fully saturated rings. The van der Waals surface area contributed by atoms with Gasteiger partial charge < -0.3 is 20.4 Å². The second-order valence-corrected chi connectivity index (χ2v) is 9.71. The first-order valence-electron chi connectivity index (χ1n) is 11.8. The molecule has 6 rings (SSSR count). The average molecular weight is 463 g/mol. The number of aliphatic hydroxyl groups excluding tert-OH is 1. The van der Waals surface area contributed by atoms with Crippen LogP contribution in [-0.4, -0.2) is 44.3 Å². The number of hydrogen-bond acceptors (Lipinski definition) is 6. The molecule has 2 saturated heterocycles. The van der Waals surface area contributed by atoms with Crippen LogP contribution in [0.25, 0.3) is 5.65 Å². The maximum Gasteiger partial charge on any atom is 0.337 e. The van der Waals surface area contributed by atoms with E-state index in [2.05, 4.69) is 10.2 Å². The van der Waals surface area contributed by atoms with Crippen molar-refractivity contribution in [1.82, 2.24) is 9.38 Å². The predicted molar refractivity (Wildman–Crippen MR) is 131 cm³/mol. The van der Waals surface area contributed by atoms with Gasteiger partial charge in [-0.1, -0.05) is 12.1 Å². The van der Waals surface area contributed by atoms with Gasteiger partial charge in [-0.25, -0.2) is 9.78 Å². The lowest BCUT2D eigenvalue weighted by atomic mass is 9.78. The number of aryl methyl sites for hydroxylation is 1. The van der Waals surface area contributed by atoms with Gasteiger partial charge in [-0.3, -0.25) is 9.20 Å². The molecule has 1 aromatic carbocycles. The molecule has 0 amide bonds. The highest BCUT2D eigenvalue weighted by Crippen LogP contribution is 2.38. The number of fused-ring (bicyclic) bond motifs is 4. The molecule has 1 saturated carbocycles. The van der Waals surface area contributed by atoms with Crippen molar-refractivity contribution in [2.24, 2.45) is 5.92 Å². The number of para-hydroxylation sites is 1. The summed E-state index contributed by atoms with van der Waals surface area (Å²) < 4.78 is 1.59. The molecule has 34 heavy (non-hydrogen) atoms. The molecule has 0 radical (unpaired) electrons. The first-order valence-corrected chi connectivity index (χ1v) is 11.8. The zero-order valence-electron chi connectivity index (χ0n) is 19.7. The number of anilines is 2. The van der Waals surface area contributed by atoms with E-state index in [1.54, 1.807) is 41.8 Å². The second-order valence-electron chi connectivity index (χ2n) is 9.71. The quantitative estimate of drug-likeness (QED) is 0.532. The van der Waals surface area contributed by atoms with Gasteiger partial charge in [0.25, 0.3) is 5.56 Å². The number of benzene rings is 1. The van der Waals surface area contributed by atoms with Crippen molar-refractivity contribution in [2.75, 3.05) is 16.8 Å². The van der Waals surface area contributed by atoms with Crippen LogP contribution < -0.4 is 15.8 Å². The van der Waals surface area contributed by atoms with Crippen LogP contribution in [0.2, 0.25) is 0 Å². The molecule has 1 aliphatic carbocycles. The number of nitrogens with one attached hydrogen (secondary N) is 1. The Morgan fingerprint density at radius 2 is 2.00 bits per heavy atom. The van der Waals surface area contributed by atoms with Crippen molar-refractivity contribution >= 4 is 23.1 Å². The highest BCUT2D eigenvalue weighted by Gasteiger charge is 2.41. The Morgan fingerprint density at radius 3 is 2.71 bits per heavy atom. The molecule has 0 spiro atoms. The van der Waals surface area contributed by atoms with Crippen LogP contribution >= 0.6 is 0 Å². The van der Waals surface area contributed by atoms with Gasteiger partial charge in [0.05, 0.1) is 29.3 Å². The van der Waals surface area contributed by atoms with Crippen molar-refractivity contribution in [3.8, 4) is 0 Å². The molecule has 8 heteroatoms. The van der Waals surface area contributed by atoms with Gasteiger partial charge in [0.15, 0.2) is 0 Å². The lowest BCUT2D eigenvalue weighted by Crippen LogP contribution is -2.56. The number of nitrogens with zero attached hydrogens (tertiary/aromatic N) is 3. The lowest BCUT2D eigenvalue weighted by Gasteiger charge is -2.49. The molecule has 4 atom stereocenters. The largest absolute Gasteiger partial charge is 0.478 e. The van der Waals surface area contributed by atoms with E-state index in [9.17, 15) is 19.8 Å². The number of pyridine rings is 1. The van der Waals surface area contributed by atoms with Crippen LogP contribution in [0.5, 0.6) is 0 Å². The molecule has 178 valence electrons. The van der Waals surface area contributed by atoms with Gasteiger partial charge in [-0.2, -0.15) is 0 Å². The summed E-state index contributed by atoms with van der Waals surface area (Å²) in [6, 6.07) is 8.44. The van der Waals surface area contributed by atoms with Crippen LogP contribution in [0, 0.1) is 19.8 Å². The number of rotatable bonds is 5. The maximum atomic E-state index is 13.4. The van der Waals surface area contributed by atoms with Crippen molar-refractivity contribution in [1.29, 1.82) is 0 Å². The summed E-state index contributed by atoms with van der Waals surface area (Å²) in [7, 11) is 0. The van der Waals surface area contributed by atoms with Gasteiger partial charge in [-0.05, 0) is 69.7 Å². The number of hydrogen-bond donors (Lipinski definition) is 3. The van der Waals surface area contributed by atoms with Gasteiger partial charge in [0.1, 0.15) is 11.5 Å². The van der Waals surface area contributed by atoms with Crippen molar-refractivity contribution in [3.63, 3.8) is 0 Å². The van der Waals surface area contributed by atoms with E-state index < -0.39 is 12.1 Å². The fraction of sp³-hybridized carbons (Fsp3) is 0.423. The van der Waals surface area contributed by atoms with Crippen molar-refractivity contribution in [3.05, 3.63) is 69.1 Å². The number of carbonyl (C=O) groups is 1. The van der Waals surface area contributed by atoms with E-state index >= 15 is 0 Å². The van der Waals surface area contributed by atoms with Crippen LogP contribution in [0.3, 0.4) is 0 Å². The molecule has 3 N–H and O–H groups in total. The van der Waals surface area contributed by atoms with Gasteiger partial charge in [0, 0.05) is 24.0 Å². The predicted octanol–water partition coefficient (Wildman–Crippen LogP) is 3.53. The first-order chi connectivity index (χ1) is 16.2. The molecule has 3 unspecified atom stereocenters. The van der Waals surface area contributed by atoms with E-state index in [4.69, 9.17) is 4.98 Å². The second kappa shape index (κ2) is 8.43. The highest BCUT2D eigenvalue weighted by atomic mass is 16.4. The fourth-order valence-electron chi connectivity index (χ4n) is 5.59. The SMILES string of the molecule is Cc1cc([C@@H](C)Nc2ccccc2C(=O)O)c2nc(N3CC4CCC3C(O)C4)c(C)c(=O)n2c1. The number of carboxylic acid groups (broad SMARTS) is 1.